The second-order valence-corrected chi connectivity index (χ2v) is 5.16. The minimum atomic E-state index is -5.56. The van der Waals surface area contributed by atoms with E-state index in [1.54, 1.807) is 6.92 Å². The monoisotopic (exact) mass is 277 g/mol. The molecule has 0 spiro atoms. The van der Waals surface area contributed by atoms with Crippen molar-refractivity contribution in [2.45, 2.75) is 31.8 Å². The van der Waals surface area contributed by atoms with Crippen LogP contribution in [0.15, 0.2) is 0 Å². The Bertz CT molecular complexity index is 365. The molecular weight excluding hydrogens is 263 g/mol. The van der Waals surface area contributed by atoms with E-state index in [0.717, 1.165) is 7.11 Å². The summed E-state index contributed by atoms with van der Waals surface area (Å²) in [6, 6.07) is -1.54. The summed E-state index contributed by atoms with van der Waals surface area (Å²) in [4.78, 5) is 11.2. The highest BCUT2D eigenvalue weighted by Gasteiger charge is 2.48. The first-order chi connectivity index (χ1) is 7.56. The van der Waals surface area contributed by atoms with Gasteiger partial charge in [-0.1, -0.05) is 20.3 Å². The first-order valence-electron chi connectivity index (χ1n) is 4.73. The van der Waals surface area contributed by atoms with Crippen LogP contribution in [0.2, 0.25) is 0 Å². The van der Waals surface area contributed by atoms with Gasteiger partial charge in [-0.05, 0) is 5.92 Å². The predicted octanol–water partition coefficient (Wildman–Crippen LogP) is 1.01. The molecule has 0 aromatic carbocycles. The Labute approximate surface area is 97.4 Å². The van der Waals surface area contributed by atoms with E-state index in [-0.39, 0.29) is 0 Å². The number of methoxy groups -OCH3 is 1. The van der Waals surface area contributed by atoms with E-state index in [9.17, 15) is 26.4 Å². The number of hydrogen-bond acceptors (Lipinski definition) is 4. The van der Waals surface area contributed by atoms with E-state index in [2.05, 4.69) is 4.74 Å². The summed E-state index contributed by atoms with van der Waals surface area (Å²) in [5.41, 5.74) is -5.45. The van der Waals surface area contributed by atoms with Gasteiger partial charge in [0.05, 0.1) is 7.11 Å². The fraction of sp³-hybridized carbons (Fsp3) is 0.875. The van der Waals surface area contributed by atoms with Gasteiger partial charge >= 0.3 is 21.5 Å². The Morgan fingerprint density at radius 1 is 1.41 bits per heavy atom. The van der Waals surface area contributed by atoms with Crippen molar-refractivity contribution in [2.75, 3.05) is 7.11 Å². The van der Waals surface area contributed by atoms with Gasteiger partial charge in [-0.3, -0.25) is 4.79 Å². The Morgan fingerprint density at radius 3 is 2.18 bits per heavy atom. The van der Waals surface area contributed by atoms with E-state index >= 15 is 0 Å². The van der Waals surface area contributed by atoms with Crippen LogP contribution in [0.25, 0.3) is 0 Å². The van der Waals surface area contributed by atoms with Crippen LogP contribution < -0.4 is 4.72 Å². The van der Waals surface area contributed by atoms with Crippen molar-refractivity contribution in [1.29, 1.82) is 0 Å². The minimum Gasteiger partial charge on any atom is -0.468 e. The molecule has 0 amide bonds. The van der Waals surface area contributed by atoms with Crippen molar-refractivity contribution in [3.63, 3.8) is 0 Å². The number of nitrogens with one attached hydrogen (secondary N) is 1. The first-order valence-corrected chi connectivity index (χ1v) is 6.21. The van der Waals surface area contributed by atoms with E-state index in [1.807, 2.05) is 0 Å². The second kappa shape index (κ2) is 5.67. The summed E-state index contributed by atoms with van der Waals surface area (Å²) in [6.45, 7) is 3.06. The molecule has 1 N–H and O–H groups in total. The Hall–Kier alpha value is -0.830. The highest BCUT2D eigenvalue weighted by Crippen LogP contribution is 2.23. The number of carbonyl (C=O) groups excluding carboxylic acids is 1. The minimum absolute atomic E-state index is 0.320. The molecule has 0 bridgehead atoms. The molecule has 0 aliphatic rings. The number of carbonyl (C=O) groups is 1. The van der Waals surface area contributed by atoms with Gasteiger partial charge in [0.15, 0.2) is 0 Å². The lowest BCUT2D eigenvalue weighted by atomic mass is 10.0. The zero-order chi connectivity index (χ0) is 13.9. The third-order valence-electron chi connectivity index (χ3n) is 2.25. The molecule has 0 saturated heterocycles. The zero-order valence-corrected chi connectivity index (χ0v) is 10.4. The predicted molar refractivity (Wildman–Crippen MR) is 53.4 cm³/mol. The van der Waals surface area contributed by atoms with Crippen LogP contribution in [0.3, 0.4) is 0 Å². The first kappa shape index (κ1) is 16.2. The quantitative estimate of drug-likeness (QED) is 0.761. The maximum Gasteiger partial charge on any atom is 0.511 e. The van der Waals surface area contributed by atoms with Crippen LogP contribution in [-0.4, -0.2) is 33.0 Å². The molecule has 2 atom stereocenters. The van der Waals surface area contributed by atoms with Crippen molar-refractivity contribution in [3.05, 3.63) is 0 Å². The summed E-state index contributed by atoms with van der Waals surface area (Å²) in [5, 5.41) is 0. The van der Waals surface area contributed by atoms with Gasteiger partial charge in [-0.15, -0.1) is 0 Å². The summed E-state index contributed by atoms with van der Waals surface area (Å²) < 4.78 is 63.7. The molecule has 0 aliphatic carbocycles. The van der Waals surface area contributed by atoms with Gasteiger partial charge in [0.2, 0.25) is 0 Å². The lowest BCUT2D eigenvalue weighted by Crippen LogP contribution is -2.49. The van der Waals surface area contributed by atoms with E-state index in [0.29, 0.717) is 6.42 Å². The van der Waals surface area contributed by atoms with Crippen molar-refractivity contribution in [3.8, 4) is 0 Å². The SMILES string of the molecule is CCC(C)[C@H](NS(=O)(=O)C(F)(F)F)C(=O)OC. The maximum atomic E-state index is 12.1. The topological polar surface area (TPSA) is 72.5 Å². The number of rotatable bonds is 5. The van der Waals surface area contributed by atoms with Gasteiger partial charge in [0.1, 0.15) is 6.04 Å². The third kappa shape index (κ3) is 4.15. The molecule has 9 heteroatoms. The van der Waals surface area contributed by atoms with Crippen LogP contribution in [0.5, 0.6) is 0 Å². The summed E-state index contributed by atoms with van der Waals surface area (Å²) in [7, 11) is -4.59. The van der Waals surface area contributed by atoms with Crippen LogP contribution >= 0.6 is 0 Å². The zero-order valence-electron chi connectivity index (χ0n) is 9.54. The highest BCUT2D eigenvalue weighted by atomic mass is 32.2. The van der Waals surface area contributed by atoms with Gasteiger partial charge in [-0.25, -0.2) is 8.42 Å². The van der Waals surface area contributed by atoms with Crippen LogP contribution in [0, 0.1) is 5.92 Å². The van der Waals surface area contributed by atoms with Gasteiger partial charge in [-0.2, -0.15) is 17.9 Å². The molecule has 0 heterocycles. The fourth-order valence-corrected chi connectivity index (χ4v) is 1.79. The molecule has 17 heavy (non-hydrogen) atoms. The lowest BCUT2D eigenvalue weighted by Gasteiger charge is -2.22. The summed E-state index contributed by atoms with van der Waals surface area (Å²) in [6.07, 6.45) is 0.320. The van der Waals surface area contributed by atoms with Crippen LogP contribution in [0.4, 0.5) is 13.2 Å². The number of hydrogen-bond donors (Lipinski definition) is 1. The fourth-order valence-electron chi connectivity index (χ4n) is 0.993. The molecule has 0 rings (SSSR count). The smallest absolute Gasteiger partial charge is 0.468 e. The normalized spacial score (nSPS) is 16.4. The van der Waals surface area contributed by atoms with Crippen molar-refractivity contribution >= 4 is 16.0 Å². The van der Waals surface area contributed by atoms with E-state index < -0.39 is 33.5 Å². The number of halogens is 3. The van der Waals surface area contributed by atoms with Gasteiger partial charge in [0, 0.05) is 0 Å². The number of alkyl halides is 3. The number of esters is 1. The second-order valence-electron chi connectivity index (χ2n) is 3.45. The Kier molecular flexibility index (Phi) is 5.40. The molecular formula is C8H14F3NO4S. The average Bonchev–Trinajstić information content (AvgIpc) is 2.22. The van der Waals surface area contributed by atoms with Crippen molar-refractivity contribution in [1.82, 2.24) is 4.72 Å². The van der Waals surface area contributed by atoms with Crippen molar-refractivity contribution in [2.24, 2.45) is 5.92 Å². The molecule has 0 saturated carbocycles. The molecule has 0 aromatic rings. The van der Waals surface area contributed by atoms with E-state index in [4.69, 9.17) is 0 Å². The van der Waals surface area contributed by atoms with E-state index in [1.165, 1.54) is 11.6 Å². The molecule has 5 nitrogen and oxygen atoms in total. The Morgan fingerprint density at radius 2 is 1.88 bits per heavy atom. The highest BCUT2D eigenvalue weighted by molar-refractivity contribution is 7.90. The summed E-state index contributed by atoms with van der Waals surface area (Å²) in [5.74, 6) is -1.66. The molecule has 102 valence electrons. The largest absolute Gasteiger partial charge is 0.511 e. The molecule has 1 unspecified atom stereocenters. The third-order valence-corrected chi connectivity index (χ3v) is 3.43. The average molecular weight is 277 g/mol. The molecule has 0 aromatic heterocycles. The van der Waals surface area contributed by atoms with Gasteiger partial charge in [0.25, 0.3) is 0 Å². The van der Waals surface area contributed by atoms with Crippen molar-refractivity contribution < 1.29 is 31.1 Å². The van der Waals surface area contributed by atoms with Crippen LogP contribution in [0.1, 0.15) is 20.3 Å². The summed E-state index contributed by atoms with van der Waals surface area (Å²) >= 11 is 0. The number of ether oxygens (including phenoxy) is 1. The lowest BCUT2D eigenvalue weighted by molar-refractivity contribution is -0.144. The standard InChI is InChI=1S/C8H14F3NO4S/c1-4-5(2)6(7(13)16-3)12-17(14,15)8(9,10)11/h5-6,12H,4H2,1-3H3/t5?,6-/m0/s1. The molecule has 0 fully saturated rings. The Balaban J connectivity index is 5.08. The maximum absolute atomic E-state index is 12.1. The number of sulfonamides is 1. The molecule has 0 radical (unpaired) electrons. The van der Waals surface area contributed by atoms with Gasteiger partial charge < -0.3 is 4.74 Å². The molecule has 0 aliphatic heterocycles. The van der Waals surface area contributed by atoms with Crippen LogP contribution in [-0.2, 0) is 19.6 Å².